The van der Waals surface area contributed by atoms with Crippen LogP contribution in [0.2, 0.25) is 0 Å². The maximum Gasteiger partial charge on any atom is 0.315 e. The molecule has 1 heterocycles. The van der Waals surface area contributed by atoms with Crippen molar-refractivity contribution in [3.63, 3.8) is 0 Å². The molecule has 0 spiro atoms. The van der Waals surface area contributed by atoms with E-state index in [9.17, 15) is 4.79 Å². The van der Waals surface area contributed by atoms with Crippen LogP contribution in [0.5, 0.6) is 0 Å². The van der Waals surface area contributed by atoms with Crippen LogP contribution in [-0.4, -0.2) is 28.8 Å². The average Bonchev–Trinajstić information content (AvgIpc) is 2.86. The zero-order valence-corrected chi connectivity index (χ0v) is 13.0. The van der Waals surface area contributed by atoms with Crippen LogP contribution in [0.4, 0.5) is 10.6 Å². The molecule has 7 heteroatoms. The Balaban J connectivity index is 1.68. The largest absolute Gasteiger partial charge is 0.381 e. The normalized spacial score (nSPS) is 21.1. The Bertz CT molecular complexity index is 547. The van der Waals surface area contributed by atoms with Crippen LogP contribution in [0.25, 0.3) is 0 Å². The van der Waals surface area contributed by atoms with Crippen molar-refractivity contribution < 1.29 is 4.79 Å². The third kappa shape index (κ3) is 4.13. The number of nitrogens with zero attached hydrogens (tertiary/aromatic N) is 2. The fourth-order valence-corrected chi connectivity index (χ4v) is 2.92. The number of nitrogens with two attached hydrogens (primary N) is 1. The summed E-state index contributed by atoms with van der Waals surface area (Å²) in [5, 5.41) is 21.5. The minimum Gasteiger partial charge on any atom is -0.381 e. The summed E-state index contributed by atoms with van der Waals surface area (Å²) in [6, 6.07) is 2.21. The highest BCUT2D eigenvalue weighted by Crippen LogP contribution is 2.23. The molecule has 7 nitrogen and oxygen atoms in total. The SMILES string of the molecule is CC1CCCCC1NC(=O)NCCCc1[nH]nc(N)c1C#N. The second kappa shape index (κ2) is 7.69. The Hall–Kier alpha value is -2.23. The van der Waals surface area contributed by atoms with Crippen LogP contribution >= 0.6 is 0 Å². The summed E-state index contributed by atoms with van der Waals surface area (Å²) in [6.07, 6.45) is 6.05. The van der Waals surface area contributed by atoms with Crippen molar-refractivity contribution >= 4 is 11.8 Å². The van der Waals surface area contributed by atoms with Gasteiger partial charge in [-0.1, -0.05) is 19.8 Å². The number of hydrogen-bond acceptors (Lipinski definition) is 4. The molecule has 120 valence electrons. The lowest BCUT2D eigenvalue weighted by Crippen LogP contribution is -2.46. The molecule has 0 aromatic carbocycles. The fraction of sp³-hybridized carbons (Fsp3) is 0.667. The molecule has 1 fully saturated rings. The molecule has 1 aliphatic carbocycles. The second-order valence-electron chi connectivity index (χ2n) is 5.95. The van der Waals surface area contributed by atoms with E-state index < -0.39 is 0 Å². The van der Waals surface area contributed by atoms with Gasteiger partial charge in [0.15, 0.2) is 5.82 Å². The van der Waals surface area contributed by atoms with E-state index in [-0.39, 0.29) is 17.9 Å². The van der Waals surface area contributed by atoms with E-state index in [1.807, 2.05) is 6.07 Å². The first kappa shape index (κ1) is 16.1. The van der Waals surface area contributed by atoms with E-state index >= 15 is 0 Å². The molecule has 5 N–H and O–H groups in total. The van der Waals surface area contributed by atoms with Gasteiger partial charge in [-0.15, -0.1) is 0 Å². The number of carbonyl (C=O) groups is 1. The highest BCUT2D eigenvalue weighted by atomic mass is 16.2. The van der Waals surface area contributed by atoms with Crippen molar-refractivity contribution in [3.8, 4) is 6.07 Å². The van der Waals surface area contributed by atoms with Gasteiger partial charge in [-0.25, -0.2) is 4.79 Å². The number of carbonyl (C=O) groups excluding carboxylic acids is 1. The highest BCUT2D eigenvalue weighted by Gasteiger charge is 2.22. The van der Waals surface area contributed by atoms with Gasteiger partial charge in [0, 0.05) is 12.6 Å². The summed E-state index contributed by atoms with van der Waals surface area (Å²) in [7, 11) is 0. The number of nitrogens with one attached hydrogen (secondary N) is 3. The zero-order chi connectivity index (χ0) is 15.9. The number of hydrogen-bond donors (Lipinski definition) is 4. The number of rotatable bonds is 5. The Morgan fingerprint density at radius 3 is 3.00 bits per heavy atom. The van der Waals surface area contributed by atoms with Crippen molar-refractivity contribution in [3.05, 3.63) is 11.3 Å². The van der Waals surface area contributed by atoms with Gasteiger partial charge in [0.2, 0.25) is 0 Å². The zero-order valence-electron chi connectivity index (χ0n) is 13.0. The van der Waals surface area contributed by atoms with Crippen molar-refractivity contribution in [1.29, 1.82) is 5.26 Å². The Morgan fingerprint density at radius 2 is 2.27 bits per heavy atom. The molecule has 2 amide bonds. The summed E-state index contributed by atoms with van der Waals surface area (Å²) in [5.41, 5.74) is 6.71. The number of anilines is 1. The number of aromatic amines is 1. The first-order chi connectivity index (χ1) is 10.6. The third-order valence-corrected chi connectivity index (χ3v) is 4.30. The van der Waals surface area contributed by atoms with Gasteiger partial charge in [0.05, 0.1) is 5.69 Å². The molecule has 0 saturated heterocycles. The number of aryl methyl sites for hydroxylation is 1. The molecule has 0 aliphatic heterocycles. The highest BCUT2D eigenvalue weighted by molar-refractivity contribution is 5.74. The lowest BCUT2D eigenvalue weighted by Gasteiger charge is -2.29. The number of amides is 2. The molecule has 1 aromatic rings. The quantitative estimate of drug-likeness (QED) is 0.618. The summed E-state index contributed by atoms with van der Waals surface area (Å²) < 4.78 is 0. The minimum absolute atomic E-state index is 0.108. The summed E-state index contributed by atoms with van der Waals surface area (Å²) in [6.45, 7) is 2.74. The first-order valence-electron chi connectivity index (χ1n) is 7.89. The summed E-state index contributed by atoms with van der Waals surface area (Å²) in [5.74, 6) is 0.778. The van der Waals surface area contributed by atoms with Crippen LogP contribution in [0.15, 0.2) is 0 Å². The van der Waals surface area contributed by atoms with E-state index in [4.69, 9.17) is 11.0 Å². The van der Waals surface area contributed by atoms with Gasteiger partial charge in [0.25, 0.3) is 0 Å². The third-order valence-electron chi connectivity index (χ3n) is 4.30. The lowest BCUT2D eigenvalue weighted by atomic mass is 9.86. The van der Waals surface area contributed by atoms with Gasteiger partial charge in [-0.05, 0) is 31.6 Å². The summed E-state index contributed by atoms with van der Waals surface area (Å²) >= 11 is 0. The van der Waals surface area contributed by atoms with Crippen LogP contribution in [0.3, 0.4) is 0 Å². The number of aromatic nitrogens is 2. The molecular formula is C15H24N6O. The minimum atomic E-state index is -0.108. The predicted molar refractivity (Wildman–Crippen MR) is 84.0 cm³/mol. The van der Waals surface area contributed by atoms with E-state index in [1.165, 1.54) is 19.3 Å². The molecule has 1 saturated carbocycles. The van der Waals surface area contributed by atoms with Gasteiger partial charge >= 0.3 is 6.03 Å². The van der Waals surface area contributed by atoms with Crippen molar-refractivity contribution in [2.75, 3.05) is 12.3 Å². The Kier molecular flexibility index (Phi) is 5.64. The maximum atomic E-state index is 11.9. The van der Waals surface area contributed by atoms with Gasteiger partial charge < -0.3 is 16.4 Å². The standard InChI is InChI=1S/C15H24N6O/c1-10-5-2-3-6-12(10)19-15(22)18-8-4-7-13-11(9-16)14(17)21-20-13/h10,12H,2-8H2,1H3,(H3,17,20,21)(H2,18,19,22). The average molecular weight is 304 g/mol. The van der Waals surface area contributed by atoms with E-state index in [1.54, 1.807) is 0 Å². The molecule has 1 aromatic heterocycles. The van der Waals surface area contributed by atoms with E-state index in [0.29, 0.717) is 24.4 Å². The Labute approximate surface area is 130 Å². The summed E-state index contributed by atoms with van der Waals surface area (Å²) in [4.78, 5) is 11.9. The number of nitriles is 1. The molecule has 0 radical (unpaired) electrons. The molecule has 2 unspecified atom stereocenters. The maximum absolute atomic E-state index is 11.9. The van der Waals surface area contributed by atoms with Crippen molar-refractivity contribution in [2.45, 2.75) is 51.5 Å². The smallest absolute Gasteiger partial charge is 0.315 e. The first-order valence-corrected chi connectivity index (χ1v) is 7.89. The predicted octanol–water partition coefficient (Wildman–Crippen LogP) is 1.67. The van der Waals surface area contributed by atoms with Crippen molar-refractivity contribution in [2.24, 2.45) is 5.92 Å². The fourth-order valence-electron chi connectivity index (χ4n) is 2.92. The molecule has 2 rings (SSSR count). The van der Waals surface area contributed by atoms with Crippen LogP contribution in [0.1, 0.15) is 50.3 Å². The second-order valence-corrected chi connectivity index (χ2v) is 5.95. The van der Waals surface area contributed by atoms with Gasteiger partial charge in [-0.2, -0.15) is 10.4 Å². The Morgan fingerprint density at radius 1 is 1.50 bits per heavy atom. The lowest BCUT2D eigenvalue weighted by molar-refractivity contribution is 0.221. The van der Waals surface area contributed by atoms with Crippen LogP contribution in [-0.2, 0) is 6.42 Å². The topological polar surface area (TPSA) is 120 Å². The molecule has 22 heavy (non-hydrogen) atoms. The molecule has 2 atom stereocenters. The van der Waals surface area contributed by atoms with Crippen LogP contribution in [0, 0.1) is 17.2 Å². The van der Waals surface area contributed by atoms with Crippen molar-refractivity contribution in [1.82, 2.24) is 20.8 Å². The number of H-pyrrole nitrogens is 1. The van der Waals surface area contributed by atoms with Gasteiger partial charge in [0.1, 0.15) is 11.6 Å². The number of urea groups is 1. The van der Waals surface area contributed by atoms with Gasteiger partial charge in [-0.3, -0.25) is 5.10 Å². The van der Waals surface area contributed by atoms with E-state index in [2.05, 4.69) is 27.8 Å². The number of nitrogen functional groups attached to an aromatic ring is 1. The molecule has 0 bridgehead atoms. The molecule has 1 aliphatic rings. The molecular weight excluding hydrogens is 280 g/mol. The van der Waals surface area contributed by atoms with E-state index in [0.717, 1.165) is 18.5 Å². The van der Waals surface area contributed by atoms with Crippen LogP contribution < -0.4 is 16.4 Å². The monoisotopic (exact) mass is 304 g/mol.